The Morgan fingerprint density at radius 1 is 1.09 bits per heavy atom. The standard InChI is InChI=1S/C25H27N5O3/c1-17-12-21(33-3)8-9-22(17)30(2)20-6-4-18(5-7-20)13-28-24(32)25(10-11-25)29-23(31)19-14-26-16-27-15-19/h4-9,12,14-16H,10-11,13H2,1-3H3,(H,28,32)(H,29,31). The van der Waals surface area contributed by atoms with Crippen molar-refractivity contribution >= 4 is 23.2 Å². The lowest BCUT2D eigenvalue weighted by Gasteiger charge is -2.22. The van der Waals surface area contributed by atoms with Gasteiger partial charge in [0.1, 0.15) is 17.6 Å². The summed E-state index contributed by atoms with van der Waals surface area (Å²) in [6, 6.07) is 14.0. The van der Waals surface area contributed by atoms with Crippen LogP contribution in [0.15, 0.2) is 61.2 Å². The van der Waals surface area contributed by atoms with Crippen LogP contribution in [0.1, 0.15) is 34.3 Å². The third-order valence-corrected chi connectivity index (χ3v) is 5.90. The number of rotatable bonds is 8. The normalized spacial score (nSPS) is 13.7. The second-order valence-electron chi connectivity index (χ2n) is 8.22. The van der Waals surface area contributed by atoms with Gasteiger partial charge in [0.05, 0.1) is 12.7 Å². The largest absolute Gasteiger partial charge is 0.497 e. The number of aryl methyl sites for hydroxylation is 1. The molecule has 33 heavy (non-hydrogen) atoms. The number of benzene rings is 2. The molecule has 8 nitrogen and oxygen atoms in total. The summed E-state index contributed by atoms with van der Waals surface area (Å²) in [5.74, 6) is 0.310. The Hall–Kier alpha value is -3.94. The van der Waals surface area contributed by atoms with E-state index in [0.29, 0.717) is 24.9 Å². The van der Waals surface area contributed by atoms with Gasteiger partial charge < -0.3 is 20.3 Å². The Bertz CT molecular complexity index is 1140. The van der Waals surface area contributed by atoms with Crippen LogP contribution in [-0.2, 0) is 11.3 Å². The van der Waals surface area contributed by atoms with Gasteiger partial charge in [0.25, 0.3) is 5.91 Å². The average molecular weight is 446 g/mol. The second kappa shape index (κ2) is 9.28. The predicted octanol–water partition coefficient (Wildman–Crippen LogP) is 3.14. The Morgan fingerprint density at radius 3 is 2.39 bits per heavy atom. The highest BCUT2D eigenvalue weighted by Crippen LogP contribution is 2.36. The van der Waals surface area contributed by atoms with Crippen LogP contribution in [-0.4, -0.2) is 41.5 Å². The highest BCUT2D eigenvalue weighted by molar-refractivity contribution is 6.00. The molecule has 2 N–H and O–H groups in total. The fraction of sp³-hybridized carbons (Fsp3) is 0.280. The molecule has 1 aliphatic rings. The third kappa shape index (κ3) is 4.95. The molecule has 4 rings (SSSR count). The molecule has 2 aromatic carbocycles. The minimum Gasteiger partial charge on any atom is -0.497 e. The van der Waals surface area contributed by atoms with Crippen LogP contribution >= 0.6 is 0 Å². The van der Waals surface area contributed by atoms with Crippen LogP contribution in [0.3, 0.4) is 0 Å². The molecule has 0 bridgehead atoms. The SMILES string of the molecule is COc1ccc(N(C)c2ccc(CNC(=O)C3(NC(=O)c4cncnc4)CC3)cc2)c(C)c1. The number of hydrogen-bond donors (Lipinski definition) is 2. The van der Waals surface area contributed by atoms with E-state index < -0.39 is 5.54 Å². The summed E-state index contributed by atoms with van der Waals surface area (Å²) in [5, 5.41) is 5.78. The summed E-state index contributed by atoms with van der Waals surface area (Å²) in [6.45, 7) is 2.44. The van der Waals surface area contributed by atoms with Gasteiger partial charge in [-0.25, -0.2) is 9.97 Å². The van der Waals surface area contributed by atoms with E-state index in [1.54, 1.807) is 7.11 Å². The lowest BCUT2D eigenvalue weighted by atomic mass is 10.1. The summed E-state index contributed by atoms with van der Waals surface area (Å²) in [6.07, 6.45) is 5.45. The Morgan fingerprint density at radius 2 is 1.79 bits per heavy atom. The third-order valence-electron chi connectivity index (χ3n) is 5.90. The van der Waals surface area contributed by atoms with Crippen LogP contribution in [0.5, 0.6) is 5.75 Å². The van der Waals surface area contributed by atoms with Crippen molar-refractivity contribution in [2.24, 2.45) is 0 Å². The first kappa shape index (κ1) is 22.3. The van der Waals surface area contributed by atoms with Crippen LogP contribution in [0.2, 0.25) is 0 Å². The van der Waals surface area contributed by atoms with Crippen molar-refractivity contribution in [1.29, 1.82) is 0 Å². The lowest BCUT2D eigenvalue weighted by molar-refractivity contribution is -0.124. The maximum atomic E-state index is 12.7. The molecule has 2 amide bonds. The molecule has 0 atom stereocenters. The number of hydrogen-bond acceptors (Lipinski definition) is 6. The van der Waals surface area contributed by atoms with Crippen molar-refractivity contribution in [2.45, 2.75) is 31.8 Å². The molecule has 1 fully saturated rings. The highest BCUT2D eigenvalue weighted by Gasteiger charge is 2.51. The van der Waals surface area contributed by atoms with Gasteiger partial charge >= 0.3 is 0 Å². The van der Waals surface area contributed by atoms with Crippen molar-refractivity contribution in [2.75, 3.05) is 19.1 Å². The number of methoxy groups -OCH3 is 1. The van der Waals surface area contributed by atoms with Crippen molar-refractivity contribution in [3.8, 4) is 5.75 Å². The van der Waals surface area contributed by atoms with Gasteiger partial charge in [-0.1, -0.05) is 12.1 Å². The van der Waals surface area contributed by atoms with Gasteiger partial charge in [-0.15, -0.1) is 0 Å². The number of carbonyl (C=O) groups excluding carboxylic acids is 2. The smallest absolute Gasteiger partial charge is 0.255 e. The second-order valence-corrected chi connectivity index (χ2v) is 8.22. The minimum atomic E-state index is -0.848. The number of aromatic nitrogens is 2. The van der Waals surface area contributed by atoms with Gasteiger partial charge in [0.15, 0.2) is 0 Å². The molecule has 170 valence electrons. The number of nitrogens with one attached hydrogen (secondary N) is 2. The molecule has 0 aliphatic heterocycles. The topological polar surface area (TPSA) is 96.5 Å². The summed E-state index contributed by atoms with van der Waals surface area (Å²) in [5.41, 5.74) is 3.71. The molecule has 0 unspecified atom stereocenters. The fourth-order valence-electron chi connectivity index (χ4n) is 3.70. The van der Waals surface area contributed by atoms with Gasteiger partial charge in [-0.05, 0) is 61.2 Å². The molecule has 1 heterocycles. The molecule has 0 radical (unpaired) electrons. The molecule has 8 heteroatoms. The van der Waals surface area contributed by atoms with E-state index >= 15 is 0 Å². The van der Waals surface area contributed by atoms with E-state index in [0.717, 1.165) is 28.3 Å². The van der Waals surface area contributed by atoms with Crippen LogP contribution in [0.25, 0.3) is 0 Å². The summed E-state index contributed by atoms with van der Waals surface area (Å²) < 4.78 is 5.29. The average Bonchev–Trinajstić information content (AvgIpc) is 3.63. The van der Waals surface area contributed by atoms with E-state index in [-0.39, 0.29) is 11.8 Å². The molecular weight excluding hydrogens is 418 g/mol. The quantitative estimate of drug-likeness (QED) is 0.553. The number of amides is 2. The van der Waals surface area contributed by atoms with Crippen LogP contribution in [0.4, 0.5) is 11.4 Å². The molecule has 1 aliphatic carbocycles. The summed E-state index contributed by atoms with van der Waals surface area (Å²) >= 11 is 0. The van der Waals surface area contributed by atoms with E-state index in [9.17, 15) is 9.59 Å². The van der Waals surface area contributed by atoms with Gasteiger partial charge in [-0.2, -0.15) is 0 Å². The van der Waals surface area contributed by atoms with E-state index in [1.807, 2.05) is 49.5 Å². The number of nitrogens with zero attached hydrogens (tertiary/aromatic N) is 3. The van der Waals surface area contributed by atoms with E-state index in [2.05, 4.69) is 32.4 Å². The first-order chi connectivity index (χ1) is 15.9. The molecule has 0 spiro atoms. The predicted molar refractivity (Wildman–Crippen MR) is 126 cm³/mol. The van der Waals surface area contributed by atoms with Crippen LogP contribution in [0, 0.1) is 6.92 Å². The molecule has 0 saturated heterocycles. The van der Waals surface area contributed by atoms with Crippen molar-refractivity contribution in [3.05, 3.63) is 77.9 Å². The minimum absolute atomic E-state index is 0.178. The first-order valence-electron chi connectivity index (χ1n) is 10.7. The molecule has 3 aromatic rings. The zero-order chi connectivity index (χ0) is 23.4. The van der Waals surface area contributed by atoms with Crippen LogP contribution < -0.4 is 20.3 Å². The zero-order valence-electron chi connectivity index (χ0n) is 19.0. The van der Waals surface area contributed by atoms with Gasteiger partial charge in [0.2, 0.25) is 5.91 Å². The Balaban J connectivity index is 1.35. The summed E-state index contributed by atoms with van der Waals surface area (Å²) in [7, 11) is 3.68. The van der Waals surface area contributed by atoms with Gasteiger partial charge in [0, 0.05) is 37.4 Å². The number of ether oxygens (including phenoxy) is 1. The van der Waals surface area contributed by atoms with Gasteiger partial charge in [-0.3, -0.25) is 9.59 Å². The highest BCUT2D eigenvalue weighted by atomic mass is 16.5. The van der Waals surface area contributed by atoms with Crippen molar-refractivity contribution < 1.29 is 14.3 Å². The molecular formula is C25H27N5O3. The molecule has 1 saturated carbocycles. The first-order valence-corrected chi connectivity index (χ1v) is 10.7. The molecule has 1 aromatic heterocycles. The van der Waals surface area contributed by atoms with Crippen molar-refractivity contribution in [3.63, 3.8) is 0 Å². The maximum Gasteiger partial charge on any atom is 0.255 e. The summed E-state index contributed by atoms with van der Waals surface area (Å²) in [4.78, 5) is 34.9. The Kier molecular flexibility index (Phi) is 6.26. The van der Waals surface area contributed by atoms with E-state index in [1.165, 1.54) is 18.7 Å². The number of anilines is 2. The zero-order valence-corrected chi connectivity index (χ0v) is 19.0. The monoisotopic (exact) mass is 445 g/mol. The van der Waals surface area contributed by atoms with E-state index in [4.69, 9.17) is 4.74 Å². The van der Waals surface area contributed by atoms with Crippen molar-refractivity contribution in [1.82, 2.24) is 20.6 Å². The Labute approximate surface area is 193 Å². The maximum absolute atomic E-state index is 12.7. The number of carbonyl (C=O) groups is 2. The fourth-order valence-corrected chi connectivity index (χ4v) is 3.70. The lowest BCUT2D eigenvalue weighted by Crippen LogP contribution is -2.48.